The van der Waals surface area contributed by atoms with Crippen molar-refractivity contribution in [3.05, 3.63) is 63.3 Å². The number of carbonyl (C=O) groups excluding carboxylic acids is 2. The van der Waals surface area contributed by atoms with Gasteiger partial charge in [0.2, 0.25) is 5.91 Å². The van der Waals surface area contributed by atoms with Crippen LogP contribution in [0.15, 0.2) is 46.9 Å². The summed E-state index contributed by atoms with van der Waals surface area (Å²) in [6, 6.07) is 10.9. The Labute approximate surface area is 176 Å². The van der Waals surface area contributed by atoms with Crippen LogP contribution in [0.5, 0.6) is 0 Å². The van der Waals surface area contributed by atoms with E-state index in [1.807, 2.05) is 24.3 Å². The first kappa shape index (κ1) is 20.6. The highest BCUT2D eigenvalue weighted by atomic mass is 79.9. The molecular formula is C20H20BrClFN3O2. The predicted molar refractivity (Wildman–Crippen MR) is 111 cm³/mol. The fraction of sp³-hybridized carbons (Fsp3) is 0.300. The standard InChI is InChI=1S/C20H20BrClFN3O2/c1-25(12-13-4-9-16(22)17(23)11-13)20(28)24-18-3-2-10-26(19(18)27)15-7-5-14(21)6-8-15/h4-9,11,18H,2-3,10,12H2,1H3,(H,24,28). The van der Waals surface area contributed by atoms with Crippen LogP contribution in [0.1, 0.15) is 18.4 Å². The quantitative estimate of drug-likeness (QED) is 0.714. The van der Waals surface area contributed by atoms with Gasteiger partial charge in [0.05, 0.1) is 5.02 Å². The van der Waals surface area contributed by atoms with Crippen LogP contribution in [-0.4, -0.2) is 36.5 Å². The third-order valence-electron chi connectivity index (χ3n) is 4.63. The van der Waals surface area contributed by atoms with E-state index < -0.39 is 11.9 Å². The Morgan fingerprint density at radius 3 is 2.71 bits per heavy atom. The average Bonchev–Trinajstić information content (AvgIpc) is 2.67. The molecule has 1 fully saturated rings. The maximum atomic E-state index is 13.6. The number of nitrogens with one attached hydrogen (secondary N) is 1. The van der Waals surface area contributed by atoms with E-state index in [1.165, 1.54) is 17.0 Å². The van der Waals surface area contributed by atoms with Gasteiger partial charge < -0.3 is 15.1 Å². The summed E-state index contributed by atoms with van der Waals surface area (Å²) in [7, 11) is 1.60. The average molecular weight is 469 g/mol. The van der Waals surface area contributed by atoms with Gasteiger partial charge in [0.1, 0.15) is 11.9 Å². The minimum Gasteiger partial charge on any atom is -0.326 e. The number of piperidine rings is 1. The molecule has 1 aliphatic rings. The SMILES string of the molecule is CN(Cc1ccc(Cl)c(F)c1)C(=O)NC1CCCN(c2ccc(Br)cc2)C1=O. The van der Waals surface area contributed by atoms with Crippen molar-refractivity contribution in [2.45, 2.75) is 25.4 Å². The largest absolute Gasteiger partial charge is 0.326 e. The first-order valence-corrected chi connectivity index (χ1v) is 10.0. The molecule has 2 aromatic rings. The molecule has 0 aliphatic carbocycles. The molecule has 1 saturated heterocycles. The van der Waals surface area contributed by atoms with Gasteiger partial charge in [0.25, 0.3) is 0 Å². The zero-order chi connectivity index (χ0) is 20.3. The van der Waals surface area contributed by atoms with Crippen molar-refractivity contribution in [3.8, 4) is 0 Å². The van der Waals surface area contributed by atoms with Gasteiger partial charge >= 0.3 is 6.03 Å². The van der Waals surface area contributed by atoms with E-state index in [0.29, 0.717) is 18.5 Å². The zero-order valence-electron chi connectivity index (χ0n) is 15.3. The lowest BCUT2D eigenvalue weighted by Crippen LogP contribution is -2.54. The molecule has 0 saturated carbocycles. The Morgan fingerprint density at radius 1 is 1.32 bits per heavy atom. The minimum atomic E-state index is -0.589. The molecule has 0 radical (unpaired) electrons. The number of nitrogens with zero attached hydrogens (tertiary/aromatic N) is 2. The second-order valence-electron chi connectivity index (χ2n) is 6.72. The van der Waals surface area contributed by atoms with Crippen LogP contribution in [0.2, 0.25) is 5.02 Å². The summed E-state index contributed by atoms with van der Waals surface area (Å²) < 4.78 is 14.5. The number of rotatable bonds is 4. The molecule has 1 atom stereocenters. The van der Waals surface area contributed by atoms with Gasteiger partial charge in [-0.1, -0.05) is 33.6 Å². The second kappa shape index (κ2) is 8.92. The van der Waals surface area contributed by atoms with Crippen molar-refractivity contribution in [2.75, 3.05) is 18.5 Å². The number of anilines is 1. The fourth-order valence-electron chi connectivity index (χ4n) is 3.13. The van der Waals surface area contributed by atoms with Gasteiger partial charge in [0, 0.05) is 30.3 Å². The van der Waals surface area contributed by atoms with Gasteiger partial charge in [-0.3, -0.25) is 4.79 Å². The van der Waals surface area contributed by atoms with Crippen molar-refractivity contribution in [3.63, 3.8) is 0 Å². The molecule has 5 nitrogen and oxygen atoms in total. The molecule has 0 aromatic heterocycles. The molecule has 1 unspecified atom stereocenters. The molecular weight excluding hydrogens is 449 g/mol. The van der Waals surface area contributed by atoms with Crippen LogP contribution in [0, 0.1) is 5.82 Å². The number of hydrogen-bond donors (Lipinski definition) is 1. The van der Waals surface area contributed by atoms with Gasteiger partial charge in [0.15, 0.2) is 0 Å². The van der Waals surface area contributed by atoms with E-state index >= 15 is 0 Å². The molecule has 1 heterocycles. The molecule has 3 rings (SSSR count). The Bertz CT molecular complexity index is 878. The fourth-order valence-corrected chi connectivity index (χ4v) is 3.51. The van der Waals surface area contributed by atoms with E-state index in [-0.39, 0.29) is 23.5 Å². The summed E-state index contributed by atoms with van der Waals surface area (Å²) in [5.74, 6) is -0.659. The lowest BCUT2D eigenvalue weighted by molar-refractivity contribution is -0.121. The van der Waals surface area contributed by atoms with Crippen LogP contribution >= 0.6 is 27.5 Å². The third-order valence-corrected chi connectivity index (χ3v) is 5.46. The summed E-state index contributed by atoms with van der Waals surface area (Å²) in [6.07, 6.45) is 1.37. The summed E-state index contributed by atoms with van der Waals surface area (Å²) in [6.45, 7) is 0.823. The van der Waals surface area contributed by atoms with E-state index in [2.05, 4.69) is 21.2 Å². The van der Waals surface area contributed by atoms with Crippen molar-refractivity contribution < 1.29 is 14.0 Å². The van der Waals surface area contributed by atoms with E-state index in [1.54, 1.807) is 18.0 Å². The second-order valence-corrected chi connectivity index (χ2v) is 8.04. The summed E-state index contributed by atoms with van der Waals surface area (Å²) in [4.78, 5) is 28.4. The Hall–Kier alpha value is -2.12. The maximum Gasteiger partial charge on any atom is 0.318 e. The van der Waals surface area contributed by atoms with Gasteiger partial charge in [-0.15, -0.1) is 0 Å². The molecule has 28 heavy (non-hydrogen) atoms. The maximum absolute atomic E-state index is 13.6. The molecule has 3 amide bonds. The Kier molecular flexibility index (Phi) is 6.57. The molecule has 8 heteroatoms. The first-order chi connectivity index (χ1) is 13.3. The van der Waals surface area contributed by atoms with Crippen LogP contribution in [0.3, 0.4) is 0 Å². The van der Waals surface area contributed by atoms with Crippen molar-refractivity contribution >= 4 is 45.2 Å². The van der Waals surface area contributed by atoms with Crippen LogP contribution < -0.4 is 10.2 Å². The molecule has 1 N–H and O–H groups in total. The number of urea groups is 1. The molecule has 0 bridgehead atoms. The monoisotopic (exact) mass is 467 g/mol. The van der Waals surface area contributed by atoms with Crippen LogP contribution in [-0.2, 0) is 11.3 Å². The highest BCUT2D eigenvalue weighted by Gasteiger charge is 2.31. The lowest BCUT2D eigenvalue weighted by Gasteiger charge is -2.33. The van der Waals surface area contributed by atoms with Gasteiger partial charge in [-0.05, 0) is 54.8 Å². The summed E-state index contributed by atoms with van der Waals surface area (Å²) in [5.41, 5.74) is 1.42. The number of benzene rings is 2. The van der Waals surface area contributed by atoms with Crippen molar-refractivity contribution in [1.29, 1.82) is 0 Å². The van der Waals surface area contributed by atoms with E-state index in [4.69, 9.17) is 11.6 Å². The van der Waals surface area contributed by atoms with Crippen molar-refractivity contribution in [2.24, 2.45) is 0 Å². The number of hydrogen-bond acceptors (Lipinski definition) is 2. The van der Waals surface area contributed by atoms with Gasteiger partial charge in [-0.2, -0.15) is 0 Å². The Balaban J connectivity index is 1.62. The minimum absolute atomic E-state index is 0.0386. The van der Waals surface area contributed by atoms with E-state index in [9.17, 15) is 14.0 Å². The number of amides is 3. The van der Waals surface area contributed by atoms with E-state index in [0.717, 1.165) is 16.6 Å². The highest BCUT2D eigenvalue weighted by Crippen LogP contribution is 2.23. The Morgan fingerprint density at radius 2 is 2.04 bits per heavy atom. The summed E-state index contributed by atoms with van der Waals surface area (Å²) >= 11 is 9.07. The van der Waals surface area contributed by atoms with Gasteiger partial charge in [-0.25, -0.2) is 9.18 Å². The number of halogens is 3. The van der Waals surface area contributed by atoms with Crippen LogP contribution in [0.25, 0.3) is 0 Å². The molecule has 0 spiro atoms. The molecule has 2 aromatic carbocycles. The first-order valence-electron chi connectivity index (χ1n) is 8.87. The molecule has 148 valence electrons. The topological polar surface area (TPSA) is 52.7 Å². The zero-order valence-corrected chi connectivity index (χ0v) is 17.6. The highest BCUT2D eigenvalue weighted by molar-refractivity contribution is 9.10. The molecule has 1 aliphatic heterocycles. The van der Waals surface area contributed by atoms with Crippen molar-refractivity contribution in [1.82, 2.24) is 10.2 Å². The lowest BCUT2D eigenvalue weighted by atomic mass is 10.0. The predicted octanol–water partition coefficient (Wildman–Crippen LogP) is 4.58. The number of carbonyl (C=O) groups is 2. The smallest absolute Gasteiger partial charge is 0.318 e. The summed E-state index contributed by atoms with van der Waals surface area (Å²) in [5, 5.41) is 2.83. The van der Waals surface area contributed by atoms with Crippen LogP contribution in [0.4, 0.5) is 14.9 Å². The third kappa shape index (κ3) is 4.83. The normalized spacial score (nSPS) is 16.8.